The summed E-state index contributed by atoms with van der Waals surface area (Å²) < 4.78 is 10.6. The van der Waals surface area contributed by atoms with E-state index in [1.54, 1.807) is 0 Å². The molecule has 0 aliphatic heterocycles. The van der Waals surface area contributed by atoms with Crippen LogP contribution in [0.25, 0.3) is 0 Å². The summed E-state index contributed by atoms with van der Waals surface area (Å²) in [4.78, 5) is 41.2. The molecule has 0 saturated carbocycles. The van der Waals surface area contributed by atoms with E-state index in [0.29, 0.717) is 6.42 Å². The van der Waals surface area contributed by atoms with Crippen molar-refractivity contribution in [3.63, 3.8) is 0 Å². The van der Waals surface area contributed by atoms with Gasteiger partial charge in [0.1, 0.15) is 0 Å². The fourth-order valence-corrected chi connectivity index (χ4v) is 0.721. The van der Waals surface area contributed by atoms with Gasteiger partial charge in [0, 0.05) is 41.2 Å². The molecule has 0 aromatic heterocycles. The second-order valence-electron chi connectivity index (χ2n) is 2.64. The van der Waals surface area contributed by atoms with E-state index in [4.69, 9.17) is 37.9 Å². The van der Waals surface area contributed by atoms with E-state index in [9.17, 15) is 14.4 Å². The number of nitrogens with zero attached hydrogens (tertiary/aromatic N) is 2. The predicted molar refractivity (Wildman–Crippen MR) is 101 cm³/mol. The molecule has 0 aromatic carbocycles. The average molecular weight is 511 g/mol. The number of nitrogens with two attached hydrogens (primary N) is 2. The van der Waals surface area contributed by atoms with Gasteiger partial charge in [0.2, 0.25) is 23.3 Å². The van der Waals surface area contributed by atoms with E-state index in [-0.39, 0.29) is 26.2 Å². The van der Waals surface area contributed by atoms with Crippen molar-refractivity contribution in [1.29, 1.82) is 5.26 Å². The van der Waals surface area contributed by atoms with Crippen LogP contribution < -0.4 is 11.5 Å². The predicted octanol–water partition coefficient (Wildman–Crippen LogP) is 3.25. The molecule has 0 aromatic rings. The number of nitriles is 1. The topological polar surface area (TPSA) is 186 Å². The standard InChI is InChI=1S/C5H6Cl2O2.C3H2N2O2.CCl2O.CH6N2.CO.Cl2/c6-4(8)2-1-3-5(7)9;4-1-7-3-5-2-6;2-1(3)4;2-1-3;2*1-2/h1-3H2;3H2;;1-3H2;;. The average Bonchev–Trinajstić information content (AvgIpc) is 2.59. The molecule has 156 valence electrons. The van der Waals surface area contributed by atoms with E-state index in [2.05, 4.69) is 72.8 Å². The summed E-state index contributed by atoms with van der Waals surface area (Å²) in [6.07, 6.45) is 3.42. The Labute approximate surface area is 184 Å². The van der Waals surface area contributed by atoms with Gasteiger partial charge in [0.25, 0.3) is 6.26 Å². The molecule has 0 bridgehead atoms. The zero-order valence-corrected chi connectivity index (χ0v) is 17.8. The van der Waals surface area contributed by atoms with Crippen LogP contribution in [0.2, 0.25) is 0 Å². The van der Waals surface area contributed by atoms with Crippen molar-refractivity contribution in [2.24, 2.45) is 16.5 Å². The molecule has 0 spiro atoms. The van der Waals surface area contributed by atoms with Crippen LogP contribution in [0.5, 0.6) is 0 Å². The minimum absolute atomic E-state index is 0.222. The molecule has 0 heterocycles. The van der Waals surface area contributed by atoms with Crippen LogP contribution >= 0.6 is 68.1 Å². The maximum absolute atomic E-state index is 10.0. The van der Waals surface area contributed by atoms with Crippen LogP contribution in [0.3, 0.4) is 0 Å². The molecule has 0 fully saturated rings. The van der Waals surface area contributed by atoms with Crippen LogP contribution in [0, 0.1) is 18.2 Å². The molecule has 0 aliphatic rings. The summed E-state index contributed by atoms with van der Waals surface area (Å²) in [7, 11) is 8.22. The van der Waals surface area contributed by atoms with Gasteiger partial charge in [0.05, 0.1) is 0 Å². The summed E-state index contributed by atoms with van der Waals surface area (Å²) in [5, 5.41) is 6.78. The van der Waals surface area contributed by atoms with Crippen LogP contribution in [0.15, 0.2) is 4.99 Å². The van der Waals surface area contributed by atoms with Gasteiger partial charge < -0.3 is 16.2 Å². The van der Waals surface area contributed by atoms with E-state index in [1.807, 2.05) is 0 Å². The van der Waals surface area contributed by atoms with Crippen molar-refractivity contribution in [2.75, 3.05) is 13.4 Å². The molecular formula is C11H14Cl6N4O6. The summed E-state index contributed by atoms with van der Waals surface area (Å²) >= 11 is 18.7. The van der Waals surface area contributed by atoms with E-state index in [0.717, 1.165) is 0 Å². The molecule has 0 atom stereocenters. The SMILES string of the molecule is ClCl.N#COCN=C=O.NCN.O=C(Cl)CCCC(=O)Cl.O=C(Cl)Cl.[C-]#[O+]. The third-order valence-corrected chi connectivity index (χ3v) is 1.38. The van der Waals surface area contributed by atoms with Crippen molar-refractivity contribution >= 4 is 89.4 Å². The molecule has 0 unspecified atom stereocenters. The van der Waals surface area contributed by atoms with Gasteiger partial charge in [-0.05, 0) is 52.8 Å². The Morgan fingerprint density at radius 2 is 1.33 bits per heavy atom. The van der Waals surface area contributed by atoms with Gasteiger partial charge in [-0.3, -0.25) is 14.4 Å². The number of ether oxygens (including phenoxy) is 1. The molecule has 16 heteroatoms. The first-order valence-corrected chi connectivity index (χ1v) is 8.35. The number of isocyanates is 1. The summed E-state index contributed by atoms with van der Waals surface area (Å²) in [5.41, 5.74) is 9.25. The third-order valence-electron chi connectivity index (χ3n) is 1.00. The summed E-state index contributed by atoms with van der Waals surface area (Å²) in [6, 6.07) is 0. The Bertz CT molecular complexity index is 436. The molecule has 0 radical (unpaired) electrons. The number of halogens is 6. The number of carbonyl (C=O) groups excluding carboxylic acids is 4. The third kappa shape index (κ3) is 162. The molecule has 0 amide bonds. The first-order valence-electron chi connectivity index (χ1n) is 5.70. The zero-order valence-electron chi connectivity index (χ0n) is 13.3. The number of carbonyl (C=O) groups is 3. The normalized spacial score (nSPS) is 6.41. The quantitative estimate of drug-likeness (QED) is 0.0795. The van der Waals surface area contributed by atoms with E-state index >= 15 is 0 Å². The van der Waals surface area contributed by atoms with Gasteiger partial charge >= 0.3 is 16.0 Å². The first-order chi connectivity index (χ1) is 12.7. The fraction of sp³-hybridized carbons (Fsp3) is 0.455. The Kier molecular flexibility index (Phi) is 75.1. The summed E-state index contributed by atoms with van der Waals surface area (Å²) in [5.74, 6) is 0. The van der Waals surface area contributed by atoms with Gasteiger partial charge in [0.15, 0.2) is 0 Å². The van der Waals surface area contributed by atoms with Crippen molar-refractivity contribution in [2.45, 2.75) is 19.3 Å². The first kappa shape index (κ1) is 40.7. The van der Waals surface area contributed by atoms with E-state index < -0.39 is 15.2 Å². The van der Waals surface area contributed by atoms with E-state index in [1.165, 1.54) is 12.3 Å². The molecule has 0 rings (SSSR count). The van der Waals surface area contributed by atoms with Gasteiger partial charge in [-0.2, -0.15) is 10.3 Å². The van der Waals surface area contributed by atoms with Crippen LogP contribution in [0.4, 0.5) is 4.79 Å². The number of hydrogen-bond acceptors (Lipinski definition) is 9. The van der Waals surface area contributed by atoms with Gasteiger partial charge in [-0.15, -0.1) is 0 Å². The second-order valence-corrected chi connectivity index (χ2v) is 4.36. The van der Waals surface area contributed by atoms with Crippen LogP contribution in [-0.4, -0.2) is 34.7 Å². The molecular weight excluding hydrogens is 497 g/mol. The monoisotopic (exact) mass is 508 g/mol. The molecule has 27 heavy (non-hydrogen) atoms. The molecule has 10 nitrogen and oxygen atoms in total. The maximum atomic E-state index is 10.0. The Morgan fingerprint density at radius 1 is 1.04 bits per heavy atom. The molecule has 0 saturated heterocycles. The fourth-order valence-electron chi connectivity index (χ4n) is 0.454. The van der Waals surface area contributed by atoms with Crippen molar-refractivity contribution in [3.8, 4) is 6.26 Å². The zero-order chi connectivity index (χ0) is 23.1. The minimum atomic E-state index is -0.889. The summed E-state index contributed by atoms with van der Waals surface area (Å²) in [6.45, 7) is 4.53. The van der Waals surface area contributed by atoms with Crippen LogP contribution in [0.1, 0.15) is 19.3 Å². The number of rotatable bonds is 6. The Hall–Kier alpha value is -0.920. The van der Waals surface area contributed by atoms with Crippen molar-refractivity contribution in [1.82, 2.24) is 0 Å². The van der Waals surface area contributed by atoms with Gasteiger partial charge in [-0.1, -0.05) is 0 Å². The Balaban J connectivity index is -0.0000000545. The molecule has 0 aliphatic carbocycles. The van der Waals surface area contributed by atoms with Gasteiger partial charge in [-0.25, -0.2) is 4.79 Å². The number of aliphatic imine (C=N–C) groups is 1. The second kappa shape index (κ2) is 49.8. The Morgan fingerprint density at radius 3 is 1.52 bits per heavy atom. The van der Waals surface area contributed by atoms with Crippen molar-refractivity contribution < 1.29 is 28.6 Å². The van der Waals surface area contributed by atoms with Crippen molar-refractivity contribution in [3.05, 3.63) is 6.65 Å². The number of hydrogen-bond donors (Lipinski definition) is 2. The molecule has 4 N–H and O–H groups in total. The van der Waals surface area contributed by atoms with Crippen LogP contribution in [-0.2, 0) is 23.8 Å².